The van der Waals surface area contributed by atoms with Gasteiger partial charge in [0.1, 0.15) is 13.2 Å². The number of carboxylic acids is 1. The molecule has 0 aliphatic carbocycles. The number of esters is 2. The van der Waals surface area contributed by atoms with E-state index < -0.39 is 24.3 Å². The minimum absolute atomic E-state index is 0.183. The standard InChI is InChI=1S/C72H123NO8/c1-6-8-10-12-14-16-18-20-22-24-25-26-27-28-29-30-31-32-33-34-35-36-37-38-39-40-41-42-43-44-45-47-49-51-53-55-57-59-61-63-70(75)81-68(67-80-72(71(76)77)78-65-64-73(3,4)5)66-79-69(74)62-60-58-56-54-52-50-48-46-23-21-19-17-15-13-11-9-7-2/h8-11,14-17,20-23,25-26,28-29,31-32,68,72H,6-7,12-13,18-19,24,27,30,33-67H2,1-5H3/p+1/b10-8-,11-9-,16-14-,17-15-,22-20-,23-21-,26-25-,29-28-,32-31-. The van der Waals surface area contributed by atoms with Crippen molar-refractivity contribution in [2.24, 2.45) is 0 Å². The van der Waals surface area contributed by atoms with Gasteiger partial charge in [-0.25, -0.2) is 4.79 Å². The van der Waals surface area contributed by atoms with Crippen LogP contribution in [0.25, 0.3) is 0 Å². The highest BCUT2D eigenvalue weighted by molar-refractivity contribution is 5.71. The zero-order valence-corrected chi connectivity index (χ0v) is 52.9. The molecule has 0 radical (unpaired) electrons. The van der Waals surface area contributed by atoms with E-state index in [9.17, 15) is 19.5 Å². The lowest BCUT2D eigenvalue weighted by molar-refractivity contribution is -0.870. The number of unbranched alkanes of at least 4 members (excludes halogenated alkanes) is 27. The number of carboxylic acid groups (broad SMARTS) is 1. The molecule has 81 heavy (non-hydrogen) atoms. The van der Waals surface area contributed by atoms with Crippen LogP contribution in [0.4, 0.5) is 0 Å². The van der Waals surface area contributed by atoms with Gasteiger partial charge in [0.2, 0.25) is 0 Å². The van der Waals surface area contributed by atoms with Crippen LogP contribution in [0.15, 0.2) is 109 Å². The Morgan fingerprint density at radius 2 is 0.667 bits per heavy atom. The third-order valence-corrected chi connectivity index (χ3v) is 14.0. The molecule has 9 heteroatoms. The number of nitrogens with zero attached hydrogens (tertiary/aromatic N) is 1. The van der Waals surface area contributed by atoms with Crippen molar-refractivity contribution < 1.29 is 42.9 Å². The van der Waals surface area contributed by atoms with E-state index in [1.807, 2.05) is 21.1 Å². The maximum absolute atomic E-state index is 12.9. The Morgan fingerprint density at radius 3 is 0.988 bits per heavy atom. The molecule has 0 spiro atoms. The van der Waals surface area contributed by atoms with Gasteiger partial charge in [0.25, 0.3) is 6.29 Å². The van der Waals surface area contributed by atoms with E-state index in [1.54, 1.807) is 0 Å². The molecule has 0 bridgehead atoms. The largest absolute Gasteiger partial charge is 0.477 e. The van der Waals surface area contributed by atoms with Crippen molar-refractivity contribution >= 4 is 17.9 Å². The Kier molecular flexibility index (Phi) is 58.9. The van der Waals surface area contributed by atoms with Gasteiger partial charge in [-0.3, -0.25) is 9.59 Å². The van der Waals surface area contributed by atoms with Crippen molar-refractivity contribution in [3.05, 3.63) is 109 Å². The summed E-state index contributed by atoms with van der Waals surface area (Å²) in [4.78, 5) is 37.5. The Hall–Kier alpha value is -4.05. The zero-order chi connectivity index (χ0) is 59.1. The van der Waals surface area contributed by atoms with Gasteiger partial charge in [0, 0.05) is 12.8 Å². The van der Waals surface area contributed by atoms with Gasteiger partial charge in [0.15, 0.2) is 6.10 Å². The van der Waals surface area contributed by atoms with Crippen molar-refractivity contribution in [2.75, 3.05) is 47.5 Å². The number of carbonyl (C=O) groups excluding carboxylic acids is 2. The van der Waals surface area contributed by atoms with Gasteiger partial charge in [-0.05, 0) is 96.3 Å². The van der Waals surface area contributed by atoms with E-state index in [2.05, 4.69) is 123 Å². The fourth-order valence-corrected chi connectivity index (χ4v) is 9.03. The smallest absolute Gasteiger partial charge is 0.361 e. The second-order valence-corrected chi connectivity index (χ2v) is 23.0. The van der Waals surface area contributed by atoms with E-state index in [1.165, 1.54) is 135 Å². The number of rotatable bonds is 60. The molecule has 9 nitrogen and oxygen atoms in total. The van der Waals surface area contributed by atoms with Crippen molar-refractivity contribution in [1.82, 2.24) is 0 Å². The SMILES string of the molecule is CC/C=C\C/C=C\C/C=C\C/C=C\C/C=C\C/C=C\CCCCCCCCCCCCCCCCCCCCCCC(=O)OC(COC(=O)CCCCCCCCC/C=C\C/C=C\C/C=C\CC)COC(OCC[N+](C)(C)C)C(=O)O. The van der Waals surface area contributed by atoms with Gasteiger partial charge < -0.3 is 28.5 Å². The summed E-state index contributed by atoms with van der Waals surface area (Å²) >= 11 is 0. The van der Waals surface area contributed by atoms with Crippen LogP contribution in [0.3, 0.4) is 0 Å². The molecule has 0 rings (SSSR count). The van der Waals surface area contributed by atoms with Gasteiger partial charge in [-0.2, -0.15) is 0 Å². The first-order valence-electron chi connectivity index (χ1n) is 33.1. The summed E-state index contributed by atoms with van der Waals surface area (Å²) < 4.78 is 22.9. The first-order valence-corrected chi connectivity index (χ1v) is 33.1. The molecule has 464 valence electrons. The van der Waals surface area contributed by atoms with Crippen LogP contribution in [0, 0.1) is 0 Å². The molecule has 2 unspecified atom stereocenters. The summed E-state index contributed by atoms with van der Waals surface area (Å²) in [7, 11) is 5.97. The molecule has 0 aliphatic rings. The van der Waals surface area contributed by atoms with Crippen LogP contribution in [0.2, 0.25) is 0 Å². The molecule has 0 saturated carbocycles. The van der Waals surface area contributed by atoms with E-state index in [4.69, 9.17) is 18.9 Å². The molecule has 2 atom stereocenters. The van der Waals surface area contributed by atoms with Gasteiger partial charge >= 0.3 is 17.9 Å². The molecule has 0 amide bonds. The Morgan fingerprint density at radius 1 is 0.370 bits per heavy atom. The molecular weight excluding hydrogens is 1010 g/mol. The molecule has 0 aliphatic heterocycles. The molecule has 1 N–H and O–H groups in total. The number of quaternary nitrogens is 1. The van der Waals surface area contributed by atoms with Gasteiger partial charge in [-0.15, -0.1) is 0 Å². The summed E-state index contributed by atoms with van der Waals surface area (Å²) in [5.41, 5.74) is 0. The van der Waals surface area contributed by atoms with E-state index in [0.29, 0.717) is 11.0 Å². The van der Waals surface area contributed by atoms with Crippen molar-refractivity contribution in [3.8, 4) is 0 Å². The molecule has 0 aromatic carbocycles. The summed E-state index contributed by atoms with van der Waals surface area (Å²) in [6.45, 7) is 4.65. The van der Waals surface area contributed by atoms with E-state index >= 15 is 0 Å². The van der Waals surface area contributed by atoms with Gasteiger partial charge in [0.05, 0.1) is 34.4 Å². The molecule has 0 fully saturated rings. The molecule has 0 saturated heterocycles. The van der Waals surface area contributed by atoms with Crippen molar-refractivity contribution in [3.63, 3.8) is 0 Å². The average molecular weight is 1130 g/mol. The normalized spacial score (nSPS) is 13.4. The number of hydrogen-bond acceptors (Lipinski definition) is 7. The van der Waals surface area contributed by atoms with Crippen LogP contribution < -0.4 is 0 Å². The first kappa shape index (κ1) is 77.0. The third kappa shape index (κ3) is 63.4. The maximum Gasteiger partial charge on any atom is 0.361 e. The number of hydrogen-bond donors (Lipinski definition) is 1. The fourth-order valence-electron chi connectivity index (χ4n) is 9.03. The quantitative estimate of drug-likeness (QED) is 0.0211. The summed E-state index contributed by atoms with van der Waals surface area (Å²) in [5, 5.41) is 9.72. The average Bonchev–Trinajstić information content (AvgIpc) is 3.44. The minimum atomic E-state index is -1.52. The third-order valence-electron chi connectivity index (χ3n) is 14.0. The van der Waals surface area contributed by atoms with E-state index in [0.717, 1.165) is 109 Å². The van der Waals surface area contributed by atoms with Crippen LogP contribution in [-0.2, 0) is 33.3 Å². The lowest BCUT2D eigenvalue weighted by Crippen LogP contribution is -2.40. The molecule has 0 heterocycles. The monoisotopic (exact) mass is 1130 g/mol. The zero-order valence-electron chi connectivity index (χ0n) is 52.9. The molecule has 0 aromatic rings. The molecular formula is C72H124NO8+. The maximum atomic E-state index is 12.9. The topological polar surface area (TPSA) is 108 Å². The Balaban J connectivity index is 4.04. The van der Waals surface area contributed by atoms with Crippen LogP contribution in [0.1, 0.15) is 271 Å². The number of ether oxygens (including phenoxy) is 4. The fraction of sp³-hybridized carbons (Fsp3) is 0.708. The second-order valence-electron chi connectivity index (χ2n) is 23.0. The number of allylic oxidation sites excluding steroid dienone is 18. The Bertz CT molecular complexity index is 1700. The predicted molar refractivity (Wildman–Crippen MR) is 345 cm³/mol. The number of aliphatic carboxylic acids is 1. The first-order chi connectivity index (χ1) is 39.6. The van der Waals surface area contributed by atoms with Crippen LogP contribution in [0.5, 0.6) is 0 Å². The lowest BCUT2D eigenvalue weighted by atomic mass is 10.0. The number of carbonyl (C=O) groups is 3. The minimum Gasteiger partial charge on any atom is -0.477 e. The summed E-state index contributed by atoms with van der Waals surface area (Å²) in [6, 6.07) is 0. The highest BCUT2D eigenvalue weighted by atomic mass is 16.7. The highest BCUT2D eigenvalue weighted by Gasteiger charge is 2.25. The highest BCUT2D eigenvalue weighted by Crippen LogP contribution is 2.17. The van der Waals surface area contributed by atoms with Crippen LogP contribution in [-0.4, -0.2) is 87.4 Å². The number of likely N-dealkylation sites (N-methyl/N-ethyl adjacent to an activating group) is 1. The van der Waals surface area contributed by atoms with Crippen molar-refractivity contribution in [1.29, 1.82) is 0 Å². The lowest BCUT2D eigenvalue weighted by Gasteiger charge is -2.25. The second kappa shape index (κ2) is 62.0. The van der Waals surface area contributed by atoms with Gasteiger partial charge in [-0.1, -0.05) is 271 Å². The molecule has 0 aromatic heterocycles. The predicted octanol–water partition coefficient (Wildman–Crippen LogP) is 20.2. The van der Waals surface area contributed by atoms with Crippen molar-refractivity contribution in [2.45, 2.75) is 283 Å². The Labute approximate surface area is 498 Å². The summed E-state index contributed by atoms with van der Waals surface area (Å²) in [6.07, 6.45) is 83.4. The van der Waals surface area contributed by atoms with E-state index in [-0.39, 0.29) is 38.6 Å². The van der Waals surface area contributed by atoms with Crippen LogP contribution >= 0.6 is 0 Å². The summed E-state index contributed by atoms with van der Waals surface area (Å²) in [5.74, 6) is -2.01.